The maximum absolute atomic E-state index is 4.42. The highest BCUT2D eigenvalue weighted by Crippen LogP contribution is 2.25. The van der Waals surface area contributed by atoms with Gasteiger partial charge in [0.25, 0.3) is 0 Å². The first-order chi connectivity index (χ1) is 11.3. The fourth-order valence-corrected chi connectivity index (χ4v) is 2.69. The summed E-state index contributed by atoms with van der Waals surface area (Å²) in [6, 6.07) is 16.7. The molecule has 4 nitrogen and oxygen atoms in total. The SMILES string of the molecule is CCc1ccc(-c2cc(-c3ccc4[nH]ncc4c3)ncn2)cc1. The van der Waals surface area contributed by atoms with Gasteiger partial charge in [-0.1, -0.05) is 37.3 Å². The molecule has 2 aromatic heterocycles. The van der Waals surface area contributed by atoms with Gasteiger partial charge in [0.15, 0.2) is 0 Å². The molecule has 0 unspecified atom stereocenters. The zero-order valence-electron chi connectivity index (χ0n) is 12.8. The molecule has 4 rings (SSSR count). The predicted octanol–water partition coefficient (Wildman–Crippen LogP) is 4.25. The van der Waals surface area contributed by atoms with Gasteiger partial charge < -0.3 is 0 Å². The molecule has 0 bridgehead atoms. The van der Waals surface area contributed by atoms with Crippen LogP contribution in [0, 0.1) is 0 Å². The largest absolute Gasteiger partial charge is 0.278 e. The Labute approximate surface area is 134 Å². The Kier molecular flexibility index (Phi) is 3.35. The number of hydrogen-bond acceptors (Lipinski definition) is 3. The molecule has 0 saturated carbocycles. The van der Waals surface area contributed by atoms with Crippen LogP contribution in [0.25, 0.3) is 33.4 Å². The molecule has 112 valence electrons. The lowest BCUT2D eigenvalue weighted by atomic mass is 10.0. The smallest absolute Gasteiger partial charge is 0.116 e. The van der Waals surface area contributed by atoms with Crippen molar-refractivity contribution in [1.29, 1.82) is 0 Å². The molecule has 1 N–H and O–H groups in total. The van der Waals surface area contributed by atoms with Crippen LogP contribution in [0.5, 0.6) is 0 Å². The van der Waals surface area contributed by atoms with Crippen molar-refractivity contribution >= 4 is 10.9 Å². The number of rotatable bonds is 3. The molecule has 0 atom stereocenters. The summed E-state index contributed by atoms with van der Waals surface area (Å²) in [5, 5.41) is 8.10. The average molecular weight is 300 g/mol. The molecule has 0 aliphatic heterocycles. The van der Waals surface area contributed by atoms with E-state index in [9.17, 15) is 0 Å². The van der Waals surface area contributed by atoms with Crippen molar-refractivity contribution in [2.24, 2.45) is 0 Å². The van der Waals surface area contributed by atoms with Crippen molar-refractivity contribution in [1.82, 2.24) is 20.2 Å². The van der Waals surface area contributed by atoms with E-state index in [1.54, 1.807) is 6.33 Å². The van der Waals surface area contributed by atoms with Gasteiger partial charge in [0.2, 0.25) is 0 Å². The second-order valence-electron chi connectivity index (χ2n) is 5.51. The molecule has 23 heavy (non-hydrogen) atoms. The fourth-order valence-electron chi connectivity index (χ4n) is 2.69. The van der Waals surface area contributed by atoms with Gasteiger partial charge in [-0.05, 0) is 30.2 Å². The van der Waals surface area contributed by atoms with E-state index in [0.29, 0.717) is 0 Å². The second-order valence-corrected chi connectivity index (χ2v) is 5.51. The first-order valence-electron chi connectivity index (χ1n) is 7.68. The number of fused-ring (bicyclic) bond motifs is 1. The van der Waals surface area contributed by atoms with Crippen molar-refractivity contribution in [3.05, 3.63) is 66.6 Å². The van der Waals surface area contributed by atoms with Gasteiger partial charge in [-0.2, -0.15) is 5.10 Å². The first kappa shape index (κ1) is 13.6. The van der Waals surface area contributed by atoms with Crippen molar-refractivity contribution in [3.63, 3.8) is 0 Å². The molecule has 0 fully saturated rings. The van der Waals surface area contributed by atoms with E-state index in [2.05, 4.69) is 57.4 Å². The zero-order valence-corrected chi connectivity index (χ0v) is 12.8. The summed E-state index contributed by atoms with van der Waals surface area (Å²) < 4.78 is 0. The molecule has 4 heteroatoms. The first-order valence-corrected chi connectivity index (χ1v) is 7.68. The molecular formula is C19H16N4. The number of hydrogen-bond donors (Lipinski definition) is 1. The van der Waals surface area contributed by atoms with Gasteiger partial charge in [-0.3, -0.25) is 5.10 Å². The van der Waals surface area contributed by atoms with Crippen LogP contribution in [0.15, 0.2) is 61.1 Å². The summed E-state index contributed by atoms with van der Waals surface area (Å²) in [6.45, 7) is 2.16. The minimum Gasteiger partial charge on any atom is -0.278 e. The standard InChI is InChI=1S/C19H16N4/c1-2-13-3-5-14(6-4-13)18-10-19(21-12-20-18)15-7-8-17-16(9-15)11-22-23-17/h3-12H,2H2,1H3,(H,22,23). The second kappa shape index (κ2) is 5.65. The van der Waals surface area contributed by atoms with Gasteiger partial charge >= 0.3 is 0 Å². The molecule has 0 amide bonds. The molecule has 4 aromatic rings. The van der Waals surface area contributed by atoms with Crippen molar-refractivity contribution in [2.75, 3.05) is 0 Å². The normalized spacial score (nSPS) is 11.0. The molecular weight excluding hydrogens is 284 g/mol. The number of H-pyrrole nitrogens is 1. The number of nitrogens with zero attached hydrogens (tertiary/aromatic N) is 3. The van der Waals surface area contributed by atoms with Gasteiger partial charge in [-0.15, -0.1) is 0 Å². The van der Waals surface area contributed by atoms with Crippen LogP contribution < -0.4 is 0 Å². The minimum absolute atomic E-state index is 0.915. The third-order valence-electron chi connectivity index (χ3n) is 4.06. The van der Waals surface area contributed by atoms with E-state index in [1.807, 2.05) is 24.4 Å². The Morgan fingerprint density at radius 1 is 0.870 bits per heavy atom. The number of aromatic amines is 1. The summed E-state index contributed by atoms with van der Waals surface area (Å²) in [6.07, 6.45) is 4.49. The average Bonchev–Trinajstić information content (AvgIpc) is 3.09. The van der Waals surface area contributed by atoms with Crippen LogP contribution in [0.2, 0.25) is 0 Å². The Morgan fingerprint density at radius 3 is 2.39 bits per heavy atom. The van der Waals surface area contributed by atoms with Crippen LogP contribution in [0.3, 0.4) is 0 Å². The lowest BCUT2D eigenvalue weighted by Crippen LogP contribution is -1.90. The summed E-state index contributed by atoms with van der Waals surface area (Å²) in [5.74, 6) is 0. The summed E-state index contributed by atoms with van der Waals surface area (Å²) >= 11 is 0. The monoisotopic (exact) mass is 300 g/mol. The Hall–Kier alpha value is -3.01. The maximum atomic E-state index is 4.42. The van der Waals surface area contributed by atoms with Crippen LogP contribution in [-0.2, 0) is 6.42 Å². The molecule has 0 spiro atoms. The highest BCUT2D eigenvalue weighted by atomic mass is 15.1. The minimum atomic E-state index is 0.915. The number of aryl methyl sites for hydroxylation is 1. The highest BCUT2D eigenvalue weighted by molar-refractivity contribution is 5.83. The lowest BCUT2D eigenvalue weighted by Gasteiger charge is -2.05. The summed E-state index contributed by atoms with van der Waals surface area (Å²) in [7, 11) is 0. The zero-order chi connectivity index (χ0) is 15.6. The van der Waals surface area contributed by atoms with Gasteiger partial charge in [0.1, 0.15) is 6.33 Å². The van der Waals surface area contributed by atoms with E-state index in [1.165, 1.54) is 5.56 Å². The topological polar surface area (TPSA) is 54.5 Å². The molecule has 0 saturated heterocycles. The van der Waals surface area contributed by atoms with Gasteiger partial charge in [-0.25, -0.2) is 9.97 Å². The number of benzene rings is 2. The lowest BCUT2D eigenvalue weighted by molar-refractivity contribution is 1.12. The van der Waals surface area contributed by atoms with Gasteiger partial charge in [0, 0.05) is 16.5 Å². The predicted molar refractivity (Wildman–Crippen MR) is 91.9 cm³/mol. The van der Waals surface area contributed by atoms with E-state index in [-0.39, 0.29) is 0 Å². The van der Waals surface area contributed by atoms with E-state index in [4.69, 9.17) is 0 Å². The number of nitrogens with one attached hydrogen (secondary N) is 1. The number of aromatic nitrogens is 4. The van der Waals surface area contributed by atoms with Crippen molar-refractivity contribution < 1.29 is 0 Å². The third-order valence-corrected chi connectivity index (χ3v) is 4.06. The summed E-state index contributed by atoms with van der Waals surface area (Å²) in [4.78, 5) is 8.83. The Morgan fingerprint density at radius 2 is 1.61 bits per heavy atom. The maximum Gasteiger partial charge on any atom is 0.116 e. The van der Waals surface area contributed by atoms with Crippen LogP contribution in [0.1, 0.15) is 12.5 Å². The Balaban J connectivity index is 1.75. The fraction of sp³-hybridized carbons (Fsp3) is 0.105. The highest BCUT2D eigenvalue weighted by Gasteiger charge is 2.06. The van der Waals surface area contributed by atoms with Gasteiger partial charge in [0.05, 0.1) is 23.1 Å². The van der Waals surface area contributed by atoms with E-state index in [0.717, 1.165) is 39.8 Å². The van der Waals surface area contributed by atoms with Crippen molar-refractivity contribution in [2.45, 2.75) is 13.3 Å². The van der Waals surface area contributed by atoms with Crippen LogP contribution in [0.4, 0.5) is 0 Å². The third kappa shape index (κ3) is 2.59. The van der Waals surface area contributed by atoms with Crippen LogP contribution in [-0.4, -0.2) is 20.2 Å². The van der Waals surface area contributed by atoms with E-state index < -0.39 is 0 Å². The van der Waals surface area contributed by atoms with E-state index >= 15 is 0 Å². The van der Waals surface area contributed by atoms with Crippen LogP contribution >= 0.6 is 0 Å². The molecule has 2 heterocycles. The Bertz CT molecular complexity index is 954. The molecule has 0 radical (unpaired) electrons. The molecule has 2 aromatic carbocycles. The molecule has 0 aliphatic carbocycles. The molecule has 0 aliphatic rings. The summed E-state index contributed by atoms with van der Waals surface area (Å²) in [5.41, 5.74) is 6.37. The quantitative estimate of drug-likeness (QED) is 0.615. The van der Waals surface area contributed by atoms with Crippen molar-refractivity contribution in [3.8, 4) is 22.5 Å².